The third-order valence-corrected chi connectivity index (χ3v) is 5.48. The van der Waals surface area contributed by atoms with Crippen molar-refractivity contribution in [2.24, 2.45) is 0 Å². The first-order valence-corrected chi connectivity index (χ1v) is 7.79. The second-order valence-electron chi connectivity index (χ2n) is 4.52. The molecule has 1 aromatic carbocycles. The highest BCUT2D eigenvalue weighted by Crippen LogP contribution is 2.36. The predicted octanol–water partition coefficient (Wildman–Crippen LogP) is 4.72. The molecule has 2 heterocycles. The molecule has 1 N–H and O–H groups in total. The Kier molecular flexibility index (Phi) is 3.39. The SMILES string of the molecule is CNC(c1cc2ccc(F)cc2s1)c1sccc1C. The number of hydrogen-bond donors (Lipinski definition) is 1. The van der Waals surface area contributed by atoms with Crippen LogP contribution in [-0.2, 0) is 0 Å². The van der Waals surface area contributed by atoms with E-state index in [0.717, 1.165) is 10.1 Å². The third-order valence-electron chi connectivity index (χ3n) is 3.24. The maximum absolute atomic E-state index is 13.3. The Morgan fingerprint density at radius 3 is 2.74 bits per heavy atom. The first-order chi connectivity index (χ1) is 9.19. The lowest BCUT2D eigenvalue weighted by Crippen LogP contribution is -2.15. The minimum atomic E-state index is -0.172. The monoisotopic (exact) mass is 291 g/mol. The quantitative estimate of drug-likeness (QED) is 0.736. The van der Waals surface area contributed by atoms with Crippen molar-refractivity contribution in [3.8, 4) is 0 Å². The van der Waals surface area contributed by atoms with Crippen molar-refractivity contribution in [1.29, 1.82) is 0 Å². The summed E-state index contributed by atoms with van der Waals surface area (Å²) in [6, 6.07) is 9.46. The number of hydrogen-bond acceptors (Lipinski definition) is 3. The van der Waals surface area contributed by atoms with Crippen LogP contribution < -0.4 is 5.32 Å². The molecule has 0 saturated carbocycles. The van der Waals surface area contributed by atoms with Crippen LogP contribution in [0.3, 0.4) is 0 Å². The summed E-state index contributed by atoms with van der Waals surface area (Å²) >= 11 is 3.42. The number of fused-ring (bicyclic) bond motifs is 1. The molecule has 0 aliphatic carbocycles. The van der Waals surface area contributed by atoms with Crippen LogP contribution in [0.25, 0.3) is 10.1 Å². The minimum Gasteiger partial charge on any atom is -0.308 e. The second kappa shape index (κ2) is 5.04. The molecule has 0 radical (unpaired) electrons. The highest BCUT2D eigenvalue weighted by atomic mass is 32.1. The van der Waals surface area contributed by atoms with E-state index < -0.39 is 0 Å². The fraction of sp³-hybridized carbons (Fsp3) is 0.200. The third kappa shape index (κ3) is 2.31. The summed E-state index contributed by atoms with van der Waals surface area (Å²) in [5.41, 5.74) is 1.30. The lowest BCUT2D eigenvalue weighted by atomic mass is 10.1. The number of nitrogens with one attached hydrogen (secondary N) is 1. The average Bonchev–Trinajstić information content (AvgIpc) is 2.97. The van der Waals surface area contributed by atoms with Crippen LogP contribution in [0.4, 0.5) is 4.39 Å². The number of benzene rings is 1. The van der Waals surface area contributed by atoms with Crippen molar-refractivity contribution in [2.45, 2.75) is 13.0 Å². The summed E-state index contributed by atoms with van der Waals surface area (Å²) in [6.07, 6.45) is 0. The second-order valence-corrected chi connectivity index (χ2v) is 6.58. The lowest BCUT2D eigenvalue weighted by molar-refractivity contribution is 0.630. The summed E-state index contributed by atoms with van der Waals surface area (Å²) in [6.45, 7) is 2.13. The normalized spacial score (nSPS) is 13.0. The topological polar surface area (TPSA) is 12.0 Å². The minimum absolute atomic E-state index is 0.172. The Morgan fingerprint density at radius 1 is 1.21 bits per heavy atom. The molecular weight excluding hydrogens is 277 g/mol. The first-order valence-electron chi connectivity index (χ1n) is 6.09. The van der Waals surface area contributed by atoms with Crippen molar-refractivity contribution < 1.29 is 4.39 Å². The molecule has 2 aromatic heterocycles. The summed E-state index contributed by atoms with van der Waals surface area (Å²) in [7, 11) is 1.97. The van der Waals surface area contributed by atoms with Gasteiger partial charge in [0.1, 0.15) is 5.82 Å². The van der Waals surface area contributed by atoms with Crippen LogP contribution in [0.1, 0.15) is 21.4 Å². The van der Waals surface area contributed by atoms with Gasteiger partial charge in [0.15, 0.2) is 0 Å². The molecule has 0 aliphatic heterocycles. The Bertz CT molecular complexity index is 714. The molecule has 0 amide bonds. The zero-order valence-electron chi connectivity index (χ0n) is 10.7. The highest BCUT2D eigenvalue weighted by molar-refractivity contribution is 7.19. The Balaban J connectivity index is 2.09. The molecule has 0 aliphatic rings. The van der Waals surface area contributed by atoms with Gasteiger partial charge in [-0.2, -0.15) is 0 Å². The molecule has 19 heavy (non-hydrogen) atoms. The van der Waals surface area contributed by atoms with E-state index in [1.54, 1.807) is 28.7 Å². The van der Waals surface area contributed by atoms with E-state index in [2.05, 4.69) is 29.8 Å². The summed E-state index contributed by atoms with van der Waals surface area (Å²) < 4.78 is 14.3. The van der Waals surface area contributed by atoms with Crippen molar-refractivity contribution in [2.75, 3.05) is 7.05 Å². The molecule has 0 spiro atoms. The van der Waals surface area contributed by atoms with Crippen molar-refractivity contribution in [3.05, 3.63) is 56.8 Å². The fourth-order valence-electron chi connectivity index (χ4n) is 2.25. The van der Waals surface area contributed by atoms with E-state index in [-0.39, 0.29) is 11.9 Å². The summed E-state index contributed by atoms with van der Waals surface area (Å²) in [5, 5.41) is 6.58. The van der Waals surface area contributed by atoms with E-state index in [1.165, 1.54) is 21.4 Å². The summed E-state index contributed by atoms with van der Waals surface area (Å²) in [4.78, 5) is 2.56. The molecule has 0 bridgehead atoms. The number of halogens is 1. The largest absolute Gasteiger partial charge is 0.308 e. The van der Waals surface area contributed by atoms with Gasteiger partial charge in [0, 0.05) is 14.5 Å². The van der Waals surface area contributed by atoms with Gasteiger partial charge in [0.2, 0.25) is 0 Å². The molecule has 98 valence electrons. The standard InChI is InChI=1S/C15H14FNS2/c1-9-5-6-18-15(9)14(17-2)13-7-10-3-4-11(16)8-12(10)19-13/h3-8,14,17H,1-2H3. The number of aryl methyl sites for hydroxylation is 1. The Hall–Kier alpha value is -1.23. The smallest absolute Gasteiger partial charge is 0.124 e. The number of thiophene rings is 2. The van der Waals surface area contributed by atoms with Gasteiger partial charge in [-0.05, 0) is 54.6 Å². The lowest BCUT2D eigenvalue weighted by Gasteiger charge is -2.13. The zero-order valence-corrected chi connectivity index (χ0v) is 12.4. The molecule has 4 heteroatoms. The van der Waals surface area contributed by atoms with Crippen molar-refractivity contribution in [1.82, 2.24) is 5.32 Å². The van der Waals surface area contributed by atoms with Crippen LogP contribution in [0.5, 0.6) is 0 Å². The highest BCUT2D eigenvalue weighted by Gasteiger charge is 2.18. The maximum Gasteiger partial charge on any atom is 0.124 e. The van der Waals surface area contributed by atoms with E-state index in [9.17, 15) is 4.39 Å². The van der Waals surface area contributed by atoms with Gasteiger partial charge in [-0.15, -0.1) is 22.7 Å². The molecule has 1 unspecified atom stereocenters. The van der Waals surface area contributed by atoms with Crippen LogP contribution in [0.15, 0.2) is 35.7 Å². The molecule has 3 rings (SSSR count). The van der Waals surface area contributed by atoms with Crippen molar-refractivity contribution in [3.63, 3.8) is 0 Å². The first kappa shape index (κ1) is 12.8. The predicted molar refractivity (Wildman–Crippen MR) is 81.7 cm³/mol. The molecule has 3 aromatic rings. The van der Waals surface area contributed by atoms with Gasteiger partial charge in [0.05, 0.1) is 6.04 Å². The van der Waals surface area contributed by atoms with Crippen LogP contribution in [0.2, 0.25) is 0 Å². The molecule has 0 fully saturated rings. The fourth-order valence-corrected chi connectivity index (χ4v) is 4.59. The summed E-state index contributed by atoms with van der Waals surface area (Å²) in [5.74, 6) is -0.172. The van der Waals surface area contributed by atoms with E-state index in [4.69, 9.17) is 0 Å². The van der Waals surface area contributed by atoms with Crippen LogP contribution >= 0.6 is 22.7 Å². The van der Waals surface area contributed by atoms with E-state index >= 15 is 0 Å². The zero-order chi connectivity index (χ0) is 13.4. The van der Waals surface area contributed by atoms with Gasteiger partial charge in [0.25, 0.3) is 0 Å². The van der Waals surface area contributed by atoms with Gasteiger partial charge < -0.3 is 5.32 Å². The number of rotatable bonds is 3. The molecule has 1 nitrogen and oxygen atoms in total. The van der Waals surface area contributed by atoms with E-state index in [1.807, 2.05) is 13.1 Å². The van der Waals surface area contributed by atoms with Gasteiger partial charge in [-0.25, -0.2) is 4.39 Å². The molecule has 0 saturated heterocycles. The van der Waals surface area contributed by atoms with Crippen LogP contribution in [-0.4, -0.2) is 7.05 Å². The van der Waals surface area contributed by atoms with E-state index in [0.29, 0.717) is 0 Å². The Labute approximate surface area is 119 Å². The maximum atomic E-state index is 13.3. The van der Waals surface area contributed by atoms with Gasteiger partial charge in [-0.3, -0.25) is 0 Å². The average molecular weight is 291 g/mol. The van der Waals surface area contributed by atoms with Gasteiger partial charge in [-0.1, -0.05) is 6.07 Å². The van der Waals surface area contributed by atoms with Gasteiger partial charge >= 0.3 is 0 Å². The Morgan fingerprint density at radius 2 is 2.05 bits per heavy atom. The van der Waals surface area contributed by atoms with Crippen molar-refractivity contribution >= 4 is 32.8 Å². The molecular formula is C15H14FNS2. The molecule has 1 atom stereocenters. The van der Waals surface area contributed by atoms with Crippen LogP contribution in [0, 0.1) is 12.7 Å².